The van der Waals surface area contributed by atoms with E-state index in [0.29, 0.717) is 12.2 Å². The number of rotatable bonds is 16. The minimum absolute atomic E-state index is 0.148. The van der Waals surface area contributed by atoms with Gasteiger partial charge in [0, 0.05) is 31.7 Å². The van der Waals surface area contributed by atoms with Crippen molar-refractivity contribution in [3.63, 3.8) is 0 Å². The van der Waals surface area contributed by atoms with Crippen molar-refractivity contribution in [3.05, 3.63) is 90.0 Å². The van der Waals surface area contributed by atoms with Gasteiger partial charge in [-0.15, -0.1) is 0 Å². The van der Waals surface area contributed by atoms with Gasteiger partial charge in [0.25, 0.3) is 0 Å². The Morgan fingerprint density at radius 1 is 0.953 bits per heavy atom. The lowest BCUT2D eigenvalue weighted by molar-refractivity contribution is -0.135. The summed E-state index contributed by atoms with van der Waals surface area (Å²) >= 11 is 0. The zero-order valence-corrected chi connectivity index (χ0v) is 25.9. The first-order valence-corrected chi connectivity index (χ1v) is 15.1. The summed E-state index contributed by atoms with van der Waals surface area (Å²) < 4.78 is 0. The second-order valence-electron chi connectivity index (χ2n) is 12.3. The van der Waals surface area contributed by atoms with E-state index < -0.39 is 35.6 Å². The molecule has 0 bridgehead atoms. The lowest BCUT2D eigenvalue weighted by Crippen LogP contribution is -2.59. The molecule has 3 aromatic rings. The molecule has 0 spiro atoms. The first kappa shape index (κ1) is 33.7. The molecular weight excluding hydrogens is 542 g/mol. The van der Waals surface area contributed by atoms with Gasteiger partial charge in [0.1, 0.15) is 11.4 Å². The summed E-state index contributed by atoms with van der Waals surface area (Å²) in [6.45, 7) is 9.19. The molecule has 6 N–H and O–H groups in total. The fraction of sp³-hybridized carbons (Fsp3) is 0.471. The van der Waals surface area contributed by atoms with E-state index in [2.05, 4.69) is 34.4 Å². The number of aliphatic hydroxyl groups excluding tert-OH is 1. The minimum atomic E-state index is -1.56. The third-order valence-corrected chi connectivity index (χ3v) is 7.71. The predicted octanol–water partition coefficient (Wildman–Crippen LogP) is 3.89. The number of nitrogens with two attached hydrogens (primary N) is 1. The quantitative estimate of drug-likeness (QED) is 0.171. The van der Waals surface area contributed by atoms with Gasteiger partial charge in [0.15, 0.2) is 5.78 Å². The number of carbonyl (C=O) groups is 3. The number of ketones is 1. The van der Waals surface area contributed by atoms with Crippen LogP contribution in [0, 0.1) is 17.8 Å². The van der Waals surface area contributed by atoms with E-state index >= 15 is 0 Å². The van der Waals surface area contributed by atoms with E-state index in [1.807, 2.05) is 74.5 Å². The number of aliphatic hydroxyl groups is 1. The number of Topliss-reactive ketones (excluding diaryl/α,β-unsaturated/α-hetero) is 1. The van der Waals surface area contributed by atoms with Crippen molar-refractivity contribution >= 4 is 17.6 Å². The summed E-state index contributed by atoms with van der Waals surface area (Å²) in [5.74, 6) is -1.30. The molecule has 0 saturated heterocycles. The molecule has 1 aromatic heterocycles. The zero-order chi connectivity index (χ0) is 31.6. The molecular formula is C34H47N5O4. The normalized spacial score (nSPS) is 15.7. The monoisotopic (exact) mass is 589 g/mol. The fourth-order valence-electron chi connectivity index (χ4n) is 5.51. The molecule has 3 rings (SSSR count). The zero-order valence-electron chi connectivity index (χ0n) is 25.9. The third kappa shape index (κ3) is 9.86. The van der Waals surface area contributed by atoms with Gasteiger partial charge in [-0.3, -0.25) is 14.4 Å². The van der Waals surface area contributed by atoms with Crippen LogP contribution in [0.1, 0.15) is 70.5 Å². The first-order chi connectivity index (χ1) is 20.4. The highest BCUT2D eigenvalue weighted by Gasteiger charge is 2.42. The number of nitrogens with zero attached hydrogens (tertiary/aromatic N) is 1. The molecule has 0 aliphatic heterocycles. The largest absolute Gasteiger partial charge is 0.392 e. The van der Waals surface area contributed by atoms with Crippen molar-refractivity contribution < 1.29 is 19.5 Å². The van der Waals surface area contributed by atoms with Gasteiger partial charge in [-0.2, -0.15) is 0 Å². The Balaban J connectivity index is 1.98. The Bertz CT molecular complexity index is 1300. The number of hydrogen-bond acceptors (Lipinski definition) is 6. The van der Waals surface area contributed by atoms with Crippen LogP contribution in [0.25, 0.3) is 0 Å². The summed E-state index contributed by atoms with van der Waals surface area (Å²) in [5.41, 5.74) is 7.10. The lowest BCUT2D eigenvalue weighted by atomic mass is 9.77. The highest BCUT2D eigenvalue weighted by molar-refractivity contribution is 5.91. The average Bonchev–Trinajstić information content (AvgIpc) is 3.49. The summed E-state index contributed by atoms with van der Waals surface area (Å²) in [5, 5.41) is 17.7. The van der Waals surface area contributed by atoms with Crippen molar-refractivity contribution in [2.75, 3.05) is 0 Å². The number of imidazole rings is 1. The molecule has 5 atom stereocenters. The molecule has 232 valence electrons. The van der Waals surface area contributed by atoms with Crippen LogP contribution in [0.3, 0.4) is 0 Å². The molecule has 1 heterocycles. The second kappa shape index (κ2) is 15.6. The van der Waals surface area contributed by atoms with Crippen molar-refractivity contribution in [3.8, 4) is 0 Å². The van der Waals surface area contributed by atoms with E-state index in [-0.39, 0.29) is 42.8 Å². The van der Waals surface area contributed by atoms with E-state index in [9.17, 15) is 19.5 Å². The van der Waals surface area contributed by atoms with Gasteiger partial charge in [-0.25, -0.2) is 4.98 Å². The van der Waals surface area contributed by atoms with Gasteiger partial charge in [-0.1, -0.05) is 88.4 Å². The standard InChI is InChI=1S/C34H47N5O4/c1-22(2)18-28(32-36-16-17-37-32)39-33(43)34(35,20-26-14-10-7-11-15-26)21-29(41)27(19-25-12-8-6-9-13-25)31(42)30(23(3)4)38-24(5)40/h6-17,22-23,27-30,41H,18-21,35H2,1-5H3,(H,36,37)(H,38,40)(H,39,43)/t27-,28-,29-,30-,34+/m0/s1. The number of H-pyrrole nitrogens is 1. The molecule has 9 heteroatoms. The molecule has 2 amide bonds. The molecule has 43 heavy (non-hydrogen) atoms. The Morgan fingerprint density at radius 2 is 1.56 bits per heavy atom. The molecule has 0 fully saturated rings. The van der Waals surface area contributed by atoms with Gasteiger partial charge >= 0.3 is 0 Å². The van der Waals surface area contributed by atoms with Crippen LogP contribution >= 0.6 is 0 Å². The minimum Gasteiger partial charge on any atom is -0.392 e. The highest BCUT2D eigenvalue weighted by atomic mass is 16.3. The van der Waals surface area contributed by atoms with Crippen molar-refractivity contribution in [1.82, 2.24) is 20.6 Å². The van der Waals surface area contributed by atoms with Crippen LogP contribution in [0.4, 0.5) is 0 Å². The lowest BCUT2D eigenvalue weighted by Gasteiger charge is -2.35. The SMILES string of the molecule is CC(=O)N[C@H](C(=O)[C@@H](Cc1ccccc1)[C@@H](O)C[C@](N)(Cc1ccccc1)C(=O)N[C@@H](CC(C)C)c1ncc[nH]1)C(C)C. The maximum Gasteiger partial charge on any atom is 0.241 e. The smallest absolute Gasteiger partial charge is 0.241 e. The van der Waals surface area contributed by atoms with E-state index in [1.54, 1.807) is 12.4 Å². The summed E-state index contributed by atoms with van der Waals surface area (Å²) in [4.78, 5) is 47.6. The molecule has 0 aliphatic rings. The topological polar surface area (TPSA) is 150 Å². The van der Waals surface area contributed by atoms with E-state index in [1.165, 1.54) is 6.92 Å². The van der Waals surface area contributed by atoms with Crippen LogP contribution < -0.4 is 16.4 Å². The van der Waals surface area contributed by atoms with Crippen LogP contribution in [0.2, 0.25) is 0 Å². The number of carbonyl (C=O) groups excluding carboxylic acids is 3. The summed E-state index contributed by atoms with van der Waals surface area (Å²) in [7, 11) is 0. The van der Waals surface area contributed by atoms with Gasteiger partial charge in [-0.05, 0) is 42.2 Å². The Labute approximate surface area is 255 Å². The van der Waals surface area contributed by atoms with Crippen LogP contribution in [0.5, 0.6) is 0 Å². The summed E-state index contributed by atoms with van der Waals surface area (Å²) in [6.07, 6.45) is 2.91. The van der Waals surface area contributed by atoms with Gasteiger partial charge in [0.05, 0.1) is 18.2 Å². The van der Waals surface area contributed by atoms with Crippen LogP contribution in [0.15, 0.2) is 73.1 Å². The van der Waals surface area contributed by atoms with Crippen molar-refractivity contribution in [2.24, 2.45) is 23.5 Å². The average molecular weight is 590 g/mol. The number of aromatic amines is 1. The van der Waals surface area contributed by atoms with Crippen LogP contribution in [-0.2, 0) is 27.2 Å². The van der Waals surface area contributed by atoms with Crippen LogP contribution in [-0.4, -0.2) is 50.4 Å². The molecule has 0 aliphatic carbocycles. The Hall–Kier alpha value is -3.82. The number of aromatic nitrogens is 2. The van der Waals surface area contributed by atoms with Crippen molar-refractivity contribution in [2.45, 2.75) is 84.0 Å². The number of nitrogens with one attached hydrogen (secondary N) is 3. The number of hydrogen-bond donors (Lipinski definition) is 5. The highest BCUT2D eigenvalue weighted by Crippen LogP contribution is 2.28. The fourth-order valence-corrected chi connectivity index (χ4v) is 5.51. The number of benzene rings is 2. The second-order valence-corrected chi connectivity index (χ2v) is 12.3. The van der Waals surface area contributed by atoms with E-state index in [0.717, 1.165) is 11.1 Å². The summed E-state index contributed by atoms with van der Waals surface area (Å²) in [6, 6.07) is 17.6. The van der Waals surface area contributed by atoms with E-state index in [4.69, 9.17) is 5.73 Å². The molecule has 0 radical (unpaired) electrons. The maximum absolute atomic E-state index is 14.1. The molecule has 0 saturated carbocycles. The van der Waals surface area contributed by atoms with Gasteiger partial charge < -0.3 is 26.5 Å². The first-order valence-electron chi connectivity index (χ1n) is 15.1. The molecule has 2 aromatic carbocycles. The number of amides is 2. The van der Waals surface area contributed by atoms with Gasteiger partial charge in [0.2, 0.25) is 11.8 Å². The Kier molecular flexibility index (Phi) is 12.2. The molecule has 9 nitrogen and oxygen atoms in total. The maximum atomic E-state index is 14.1. The molecule has 0 unspecified atom stereocenters. The third-order valence-electron chi connectivity index (χ3n) is 7.71. The Morgan fingerprint density at radius 3 is 2.07 bits per heavy atom. The predicted molar refractivity (Wildman–Crippen MR) is 168 cm³/mol. The van der Waals surface area contributed by atoms with Crippen molar-refractivity contribution in [1.29, 1.82) is 0 Å².